The van der Waals surface area contributed by atoms with Crippen molar-refractivity contribution in [2.45, 2.75) is 19.8 Å². The van der Waals surface area contributed by atoms with Gasteiger partial charge in [0.15, 0.2) is 0 Å². The summed E-state index contributed by atoms with van der Waals surface area (Å²) in [6.45, 7) is 4.07. The van der Waals surface area contributed by atoms with Crippen molar-refractivity contribution in [3.05, 3.63) is 0 Å². The molecule has 0 radical (unpaired) electrons. The minimum Gasteiger partial charge on any atom is -0.449 e. The van der Waals surface area contributed by atoms with Gasteiger partial charge < -0.3 is 14.8 Å². The van der Waals surface area contributed by atoms with Crippen molar-refractivity contribution in [2.75, 3.05) is 19.7 Å². The van der Waals surface area contributed by atoms with Crippen molar-refractivity contribution in [1.29, 1.82) is 0 Å². The van der Waals surface area contributed by atoms with Crippen LogP contribution in [-0.2, 0) is 4.74 Å². The Morgan fingerprint density at radius 3 is 2.81 bits per heavy atom. The molecule has 90 valence electrons. The molecule has 0 aromatic heterocycles. The van der Waals surface area contributed by atoms with Crippen LogP contribution in [0.3, 0.4) is 0 Å². The monoisotopic (exact) mass is 226 g/mol. The highest BCUT2D eigenvalue weighted by Gasteiger charge is 2.56. The maximum atomic E-state index is 11.6. The summed E-state index contributed by atoms with van der Waals surface area (Å²) in [6.07, 6.45) is 3.34. The Bertz CT molecular complexity index is 281. The van der Waals surface area contributed by atoms with E-state index in [1.165, 1.54) is 0 Å². The zero-order valence-corrected chi connectivity index (χ0v) is 9.50. The van der Waals surface area contributed by atoms with Crippen LogP contribution in [0.15, 0.2) is 5.16 Å². The summed E-state index contributed by atoms with van der Waals surface area (Å²) in [5.74, 6) is 1.33. The molecule has 0 aromatic rings. The smallest absolute Gasteiger partial charge is 0.409 e. The van der Waals surface area contributed by atoms with Gasteiger partial charge in [0, 0.05) is 25.2 Å². The van der Waals surface area contributed by atoms with E-state index in [-0.39, 0.29) is 6.09 Å². The molecule has 0 spiro atoms. The van der Waals surface area contributed by atoms with Gasteiger partial charge in [-0.1, -0.05) is 13.3 Å². The molecular weight excluding hydrogens is 208 g/mol. The van der Waals surface area contributed by atoms with Gasteiger partial charge in [-0.15, -0.1) is 5.16 Å². The lowest BCUT2D eigenvalue weighted by atomic mass is 10.3. The number of fused-ring (bicyclic) bond motifs is 1. The van der Waals surface area contributed by atoms with E-state index in [0.717, 1.165) is 25.9 Å². The minimum atomic E-state index is -0.194. The Kier molecular flexibility index (Phi) is 3.31. The number of unbranched alkanes of at least 4 members (excludes halogenated alkanes) is 1. The Hall–Kier alpha value is -1.26. The molecule has 1 aliphatic carbocycles. The Morgan fingerprint density at radius 2 is 2.25 bits per heavy atom. The number of nitrogens with zero attached hydrogens (tertiary/aromatic N) is 2. The average molecular weight is 226 g/mol. The van der Waals surface area contributed by atoms with Crippen LogP contribution in [0.2, 0.25) is 0 Å². The molecule has 1 N–H and O–H groups in total. The van der Waals surface area contributed by atoms with E-state index in [9.17, 15) is 4.79 Å². The van der Waals surface area contributed by atoms with Crippen LogP contribution in [0.1, 0.15) is 19.8 Å². The molecule has 2 aliphatic rings. The third kappa shape index (κ3) is 2.13. The standard InChI is InChI=1S/C11H18N2O3/c1-2-3-4-16-11(14)13-6-9-8(5-12-15)10(9)7-13/h5,8-10,15H,2-4,6-7H2,1H3/b12-5+/t8?,9-,10+. The Balaban J connectivity index is 1.69. The highest BCUT2D eigenvalue weighted by Crippen LogP contribution is 2.50. The molecule has 1 heterocycles. The fraction of sp³-hybridized carbons (Fsp3) is 0.818. The van der Waals surface area contributed by atoms with E-state index in [4.69, 9.17) is 9.94 Å². The van der Waals surface area contributed by atoms with Crippen LogP contribution < -0.4 is 0 Å². The first-order valence-electron chi connectivity index (χ1n) is 5.87. The number of piperidine rings is 1. The van der Waals surface area contributed by atoms with Crippen LogP contribution >= 0.6 is 0 Å². The lowest BCUT2D eigenvalue weighted by molar-refractivity contribution is 0.105. The molecule has 1 saturated carbocycles. The summed E-state index contributed by atoms with van der Waals surface area (Å²) in [5, 5.41) is 11.5. The van der Waals surface area contributed by atoms with Crippen LogP contribution in [0.25, 0.3) is 0 Å². The normalized spacial score (nSPS) is 31.8. The van der Waals surface area contributed by atoms with E-state index >= 15 is 0 Å². The summed E-state index contributed by atoms with van der Waals surface area (Å²) < 4.78 is 5.13. The quantitative estimate of drug-likeness (QED) is 0.342. The number of amides is 1. The number of ether oxygens (including phenoxy) is 1. The molecule has 0 aromatic carbocycles. The first-order chi connectivity index (χ1) is 7.77. The lowest BCUT2D eigenvalue weighted by Crippen LogP contribution is -2.32. The Labute approximate surface area is 95.1 Å². The second-order valence-corrected chi connectivity index (χ2v) is 4.54. The van der Waals surface area contributed by atoms with Crippen LogP contribution in [0, 0.1) is 17.8 Å². The maximum Gasteiger partial charge on any atom is 0.409 e. The number of hydrogen-bond acceptors (Lipinski definition) is 4. The van der Waals surface area contributed by atoms with E-state index < -0.39 is 0 Å². The highest BCUT2D eigenvalue weighted by molar-refractivity contribution is 5.71. The largest absolute Gasteiger partial charge is 0.449 e. The molecule has 5 nitrogen and oxygen atoms in total. The number of oxime groups is 1. The summed E-state index contributed by atoms with van der Waals surface area (Å²) >= 11 is 0. The SMILES string of the molecule is CCCCOC(=O)N1C[C@@H]2C(/C=N/O)[C@@H]2C1. The first-order valence-corrected chi connectivity index (χ1v) is 5.87. The van der Waals surface area contributed by atoms with Gasteiger partial charge in [-0.25, -0.2) is 4.79 Å². The third-order valence-corrected chi connectivity index (χ3v) is 3.48. The molecule has 2 fully saturated rings. The van der Waals surface area contributed by atoms with Crippen molar-refractivity contribution in [3.63, 3.8) is 0 Å². The average Bonchev–Trinajstić information content (AvgIpc) is 2.76. The number of likely N-dealkylation sites (tertiary alicyclic amines) is 1. The van der Waals surface area contributed by atoms with Gasteiger partial charge in [0.25, 0.3) is 0 Å². The van der Waals surface area contributed by atoms with Gasteiger partial charge in [0.2, 0.25) is 0 Å². The van der Waals surface area contributed by atoms with E-state index in [2.05, 4.69) is 12.1 Å². The second kappa shape index (κ2) is 4.72. The van der Waals surface area contributed by atoms with Gasteiger partial charge in [-0.05, 0) is 18.3 Å². The number of carbonyl (C=O) groups is 1. The summed E-state index contributed by atoms with van der Waals surface area (Å²) in [4.78, 5) is 13.3. The fourth-order valence-electron chi connectivity index (χ4n) is 2.41. The molecule has 5 heteroatoms. The molecule has 16 heavy (non-hydrogen) atoms. The zero-order chi connectivity index (χ0) is 11.5. The summed E-state index contributed by atoms with van der Waals surface area (Å²) in [6, 6.07) is 0. The minimum absolute atomic E-state index is 0.194. The molecule has 0 bridgehead atoms. The van der Waals surface area contributed by atoms with E-state index in [1.807, 2.05) is 0 Å². The highest BCUT2D eigenvalue weighted by atomic mass is 16.6. The van der Waals surface area contributed by atoms with Gasteiger partial charge >= 0.3 is 6.09 Å². The zero-order valence-electron chi connectivity index (χ0n) is 9.50. The van der Waals surface area contributed by atoms with Gasteiger partial charge in [-0.3, -0.25) is 0 Å². The number of carbonyl (C=O) groups excluding carboxylic acids is 1. The predicted octanol–water partition coefficient (Wildman–Crippen LogP) is 1.56. The van der Waals surface area contributed by atoms with Crippen LogP contribution in [0.5, 0.6) is 0 Å². The molecule has 1 aliphatic heterocycles. The van der Waals surface area contributed by atoms with E-state index in [0.29, 0.717) is 24.4 Å². The van der Waals surface area contributed by atoms with Gasteiger partial charge in [-0.2, -0.15) is 0 Å². The van der Waals surface area contributed by atoms with Gasteiger partial charge in [0.1, 0.15) is 0 Å². The summed E-state index contributed by atoms with van der Waals surface area (Å²) in [5.41, 5.74) is 0. The van der Waals surface area contributed by atoms with Crippen molar-refractivity contribution in [3.8, 4) is 0 Å². The van der Waals surface area contributed by atoms with E-state index in [1.54, 1.807) is 11.1 Å². The molecule has 1 unspecified atom stereocenters. The fourth-order valence-corrected chi connectivity index (χ4v) is 2.41. The van der Waals surface area contributed by atoms with Crippen LogP contribution in [-0.4, -0.2) is 42.1 Å². The second-order valence-electron chi connectivity index (χ2n) is 4.54. The Morgan fingerprint density at radius 1 is 1.56 bits per heavy atom. The van der Waals surface area contributed by atoms with Crippen molar-refractivity contribution >= 4 is 12.3 Å². The number of rotatable bonds is 4. The van der Waals surface area contributed by atoms with Crippen molar-refractivity contribution < 1.29 is 14.7 Å². The first kappa shape index (κ1) is 11.2. The summed E-state index contributed by atoms with van der Waals surface area (Å²) in [7, 11) is 0. The lowest BCUT2D eigenvalue weighted by Gasteiger charge is -2.18. The molecule has 1 saturated heterocycles. The molecular formula is C11H18N2O3. The predicted molar refractivity (Wildman–Crippen MR) is 58.6 cm³/mol. The van der Waals surface area contributed by atoms with Crippen LogP contribution in [0.4, 0.5) is 4.79 Å². The molecule has 3 atom stereocenters. The van der Waals surface area contributed by atoms with Crippen molar-refractivity contribution in [2.24, 2.45) is 22.9 Å². The van der Waals surface area contributed by atoms with Gasteiger partial charge in [0.05, 0.1) is 6.61 Å². The number of hydrogen-bond donors (Lipinski definition) is 1. The molecule has 2 rings (SSSR count). The molecule has 1 amide bonds. The van der Waals surface area contributed by atoms with Crippen molar-refractivity contribution in [1.82, 2.24) is 4.90 Å². The third-order valence-electron chi connectivity index (χ3n) is 3.48. The topological polar surface area (TPSA) is 62.1 Å². The maximum absolute atomic E-state index is 11.6.